The number of hydrogen-bond donors (Lipinski definition) is 0. The van der Waals surface area contributed by atoms with Crippen molar-refractivity contribution in [3.8, 4) is 0 Å². The summed E-state index contributed by atoms with van der Waals surface area (Å²) in [5.74, 6) is 0.979. The van der Waals surface area contributed by atoms with E-state index in [4.69, 9.17) is 0 Å². The van der Waals surface area contributed by atoms with E-state index in [-0.39, 0.29) is 0 Å². The minimum atomic E-state index is 0.682. The maximum atomic E-state index is 2.65. The second-order valence-corrected chi connectivity index (χ2v) is 7.68. The minimum absolute atomic E-state index is 0.682. The summed E-state index contributed by atoms with van der Waals surface area (Å²) < 4.78 is 0. The number of allylic oxidation sites excluding steroid dienone is 2. The van der Waals surface area contributed by atoms with Crippen LogP contribution in [0.25, 0.3) is 0 Å². The van der Waals surface area contributed by atoms with Crippen LogP contribution in [0, 0.1) is 22.2 Å². The van der Waals surface area contributed by atoms with Gasteiger partial charge >= 0.3 is 0 Å². The first kappa shape index (κ1) is 10.6. The predicted octanol–water partition coefficient (Wildman–Crippen LogP) is 5.09. The lowest BCUT2D eigenvalue weighted by molar-refractivity contribution is -0.0705. The third-order valence-corrected chi connectivity index (χ3v) is 7.61. The van der Waals surface area contributed by atoms with Crippen LogP contribution in [0.15, 0.2) is 11.6 Å². The fourth-order valence-corrected chi connectivity index (χ4v) is 7.08. The van der Waals surface area contributed by atoms with Gasteiger partial charge in [-0.2, -0.15) is 0 Å². The topological polar surface area (TPSA) is 0 Å². The SMILES string of the molecule is C[C@@H]1CCC[C@@]2(C)CC[C@]34CCC=C3CC[C@]124. The Morgan fingerprint density at radius 3 is 2.88 bits per heavy atom. The Hall–Kier alpha value is -0.260. The Morgan fingerprint density at radius 1 is 1.12 bits per heavy atom. The molecule has 4 atom stereocenters. The Kier molecular flexibility index (Phi) is 1.88. The molecule has 0 amide bonds. The quantitative estimate of drug-likeness (QED) is 0.508. The van der Waals surface area contributed by atoms with Crippen molar-refractivity contribution in [2.75, 3.05) is 0 Å². The fourth-order valence-electron chi connectivity index (χ4n) is 7.08. The second kappa shape index (κ2) is 3.00. The van der Waals surface area contributed by atoms with Gasteiger partial charge in [0.2, 0.25) is 0 Å². The summed E-state index contributed by atoms with van der Waals surface area (Å²) in [6.07, 6.45) is 16.1. The first-order valence-corrected chi connectivity index (χ1v) is 7.84. The van der Waals surface area contributed by atoms with Gasteiger partial charge in [-0.25, -0.2) is 0 Å². The molecule has 0 N–H and O–H groups in total. The monoisotopic (exact) mass is 230 g/mol. The van der Waals surface area contributed by atoms with Crippen molar-refractivity contribution in [1.29, 1.82) is 0 Å². The van der Waals surface area contributed by atoms with E-state index < -0.39 is 0 Å². The maximum absolute atomic E-state index is 2.65. The van der Waals surface area contributed by atoms with E-state index in [1.165, 1.54) is 57.8 Å². The van der Waals surface area contributed by atoms with Crippen LogP contribution in [0.4, 0.5) is 0 Å². The predicted molar refractivity (Wildman–Crippen MR) is 71.8 cm³/mol. The number of hydrogen-bond acceptors (Lipinski definition) is 0. The van der Waals surface area contributed by atoms with Crippen LogP contribution >= 0.6 is 0 Å². The fraction of sp³-hybridized carbons (Fsp3) is 0.882. The molecule has 2 spiro atoms. The van der Waals surface area contributed by atoms with E-state index in [0.717, 1.165) is 5.92 Å². The molecule has 17 heavy (non-hydrogen) atoms. The zero-order valence-electron chi connectivity index (χ0n) is 11.5. The van der Waals surface area contributed by atoms with E-state index in [1.54, 1.807) is 0 Å². The van der Waals surface area contributed by atoms with E-state index in [1.807, 2.05) is 5.57 Å². The zero-order chi connectivity index (χ0) is 11.7. The molecule has 4 aliphatic rings. The zero-order valence-corrected chi connectivity index (χ0v) is 11.5. The molecule has 3 saturated carbocycles. The van der Waals surface area contributed by atoms with Crippen LogP contribution in [0.1, 0.15) is 71.6 Å². The Morgan fingerprint density at radius 2 is 2.00 bits per heavy atom. The van der Waals surface area contributed by atoms with Crippen LogP contribution < -0.4 is 0 Å². The molecule has 0 bridgehead atoms. The molecule has 3 fully saturated rings. The second-order valence-electron chi connectivity index (χ2n) is 7.68. The molecule has 0 unspecified atom stereocenters. The lowest BCUT2D eigenvalue weighted by Crippen LogP contribution is -2.49. The summed E-state index contributed by atoms with van der Waals surface area (Å²) in [5, 5.41) is 0. The third-order valence-electron chi connectivity index (χ3n) is 7.61. The van der Waals surface area contributed by atoms with Crippen molar-refractivity contribution in [3.05, 3.63) is 11.6 Å². The largest absolute Gasteiger partial charge is 0.0847 e. The molecule has 0 saturated heterocycles. The first-order valence-electron chi connectivity index (χ1n) is 7.84. The summed E-state index contributed by atoms with van der Waals surface area (Å²) in [4.78, 5) is 0. The average molecular weight is 230 g/mol. The minimum Gasteiger partial charge on any atom is -0.0847 e. The summed E-state index contributed by atoms with van der Waals surface area (Å²) in [5.41, 5.74) is 3.97. The maximum Gasteiger partial charge on any atom is -0.00207 e. The molecular formula is C17H26. The van der Waals surface area contributed by atoms with Crippen LogP contribution in [-0.2, 0) is 0 Å². The Labute approximate surface area is 106 Å². The van der Waals surface area contributed by atoms with Gasteiger partial charge in [0.1, 0.15) is 0 Å². The van der Waals surface area contributed by atoms with Crippen molar-refractivity contribution in [1.82, 2.24) is 0 Å². The smallest absolute Gasteiger partial charge is 0.00207 e. The molecule has 94 valence electrons. The van der Waals surface area contributed by atoms with Crippen molar-refractivity contribution >= 4 is 0 Å². The highest BCUT2D eigenvalue weighted by Crippen LogP contribution is 2.80. The van der Waals surface area contributed by atoms with Gasteiger partial charge in [-0.3, -0.25) is 0 Å². The molecule has 4 rings (SSSR count). The van der Waals surface area contributed by atoms with Crippen LogP contribution in [0.5, 0.6) is 0 Å². The van der Waals surface area contributed by atoms with E-state index in [2.05, 4.69) is 19.9 Å². The number of rotatable bonds is 0. The summed E-state index contributed by atoms with van der Waals surface area (Å²) in [6.45, 7) is 5.24. The molecule has 4 aliphatic carbocycles. The summed E-state index contributed by atoms with van der Waals surface area (Å²) in [7, 11) is 0. The lowest BCUT2D eigenvalue weighted by Gasteiger charge is -2.56. The van der Waals surface area contributed by atoms with Crippen molar-refractivity contribution in [3.63, 3.8) is 0 Å². The Balaban J connectivity index is 1.92. The van der Waals surface area contributed by atoms with Gasteiger partial charge < -0.3 is 0 Å². The van der Waals surface area contributed by atoms with Crippen LogP contribution in [0.2, 0.25) is 0 Å². The Bertz CT molecular complexity index is 393. The average Bonchev–Trinajstić information content (AvgIpc) is 2.88. The van der Waals surface area contributed by atoms with Crippen LogP contribution in [-0.4, -0.2) is 0 Å². The molecule has 0 aromatic rings. The summed E-state index contributed by atoms with van der Waals surface area (Å²) in [6, 6.07) is 0. The van der Waals surface area contributed by atoms with Gasteiger partial charge in [0.15, 0.2) is 0 Å². The molecule has 0 nitrogen and oxygen atoms in total. The first-order chi connectivity index (χ1) is 8.15. The highest BCUT2D eigenvalue weighted by Gasteiger charge is 2.71. The lowest BCUT2D eigenvalue weighted by atomic mass is 9.48. The third kappa shape index (κ3) is 0.923. The van der Waals surface area contributed by atoms with Gasteiger partial charge in [-0.15, -0.1) is 0 Å². The van der Waals surface area contributed by atoms with Crippen molar-refractivity contribution < 1.29 is 0 Å². The van der Waals surface area contributed by atoms with Gasteiger partial charge in [0.25, 0.3) is 0 Å². The molecule has 0 aliphatic heterocycles. The van der Waals surface area contributed by atoms with Crippen molar-refractivity contribution in [2.24, 2.45) is 22.2 Å². The van der Waals surface area contributed by atoms with Gasteiger partial charge in [0.05, 0.1) is 0 Å². The van der Waals surface area contributed by atoms with E-state index in [9.17, 15) is 0 Å². The van der Waals surface area contributed by atoms with Crippen molar-refractivity contribution in [2.45, 2.75) is 71.6 Å². The standard InChI is InChI=1S/C17H26/c1-13-5-3-8-15(2)11-12-16-9-4-6-14(16)7-10-17(13,15)16/h6,13H,3-5,7-12H2,1-2H3/t13-,15+,16-,17+/m1/s1. The van der Waals surface area contributed by atoms with Gasteiger partial charge in [-0.1, -0.05) is 38.3 Å². The molecule has 0 heterocycles. The van der Waals surface area contributed by atoms with E-state index in [0.29, 0.717) is 16.2 Å². The highest BCUT2D eigenvalue weighted by molar-refractivity contribution is 5.36. The molecule has 0 aromatic heterocycles. The van der Waals surface area contributed by atoms with E-state index >= 15 is 0 Å². The van der Waals surface area contributed by atoms with Crippen LogP contribution in [0.3, 0.4) is 0 Å². The van der Waals surface area contributed by atoms with Gasteiger partial charge in [-0.05, 0) is 67.1 Å². The molecular weight excluding hydrogens is 204 g/mol. The highest BCUT2D eigenvalue weighted by atomic mass is 14.7. The molecule has 0 radical (unpaired) electrons. The normalized spacial score (nSPS) is 56.4. The summed E-state index contributed by atoms with van der Waals surface area (Å²) >= 11 is 0. The van der Waals surface area contributed by atoms with Gasteiger partial charge in [0, 0.05) is 0 Å². The molecule has 0 aromatic carbocycles. The molecule has 0 heteroatoms.